The number of nitrogens with one attached hydrogen (secondary N) is 2. The first kappa shape index (κ1) is 31.1. The van der Waals surface area contributed by atoms with Crippen LogP contribution >= 0.6 is 0 Å². The van der Waals surface area contributed by atoms with Crippen molar-refractivity contribution in [1.29, 1.82) is 0 Å². The SMILES string of the molecule is CCS(=O)(=O)c1ccc([C@H](CO)NC(=O)c2ccc(C(NCC3CCC(C(F)(F)F)CC3)C(C)C)cc2)cc1. The molecule has 2 atom stereocenters. The summed E-state index contributed by atoms with van der Waals surface area (Å²) in [5.41, 5.74) is 1.98. The number of alkyl halides is 3. The second-order valence-corrected chi connectivity index (χ2v) is 13.0. The van der Waals surface area contributed by atoms with Crippen LogP contribution in [0.1, 0.15) is 80.0 Å². The molecule has 0 saturated heterocycles. The molecule has 216 valence electrons. The molecule has 3 N–H and O–H groups in total. The van der Waals surface area contributed by atoms with Crippen LogP contribution in [0.2, 0.25) is 0 Å². The Morgan fingerprint density at radius 2 is 1.54 bits per heavy atom. The lowest BCUT2D eigenvalue weighted by Gasteiger charge is -2.32. The minimum atomic E-state index is -4.10. The topological polar surface area (TPSA) is 95.5 Å². The summed E-state index contributed by atoms with van der Waals surface area (Å²) in [4.78, 5) is 13.1. The Bertz CT molecular complexity index is 1170. The van der Waals surface area contributed by atoms with Gasteiger partial charge in [0.25, 0.3) is 5.91 Å². The van der Waals surface area contributed by atoms with Gasteiger partial charge < -0.3 is 15.7 Å². The smallest absolute Gasteiger partial charge is 0.391 e. The second kappa shape index (κ2) is 13.3. The lowest BCUT2D eigenvalue weighted by Crippen LogP contribution is -2.34. The van der Waals surface area contributed by atoms with Gasteiger partial charge in [0.05, 0.1) is 29.2 Å². The van der Waals surface area contributed by atoms with Gasteiger partial charge >= 0.3 is 6.18 Å². The zero-order chi connectivity index (χ0) is 28.8. The molecule has 6 nitrogen and oxygen atoms in total. The van der Waals surface area contributed by atoms with Crippen LogP contribution in [0.15, 0.2) is 53.4 Å². The van der Waals surface area contributed by atoms with E-state index in [1.165, 1.54) is 12.1 Å². The van der Waals surface area contributed by atoms with E-state index in [-0.39, 0.29) is 53.9 Å². The van der Waals surface area contributed by atoms with Crippen molar-refractivity contribution in [1.82, 2.24) is 10.6 Å². The minimum absolute atomic E-state index is 0.00875. The van der Waals surface area contributed by atoms with E-state index in [4.69, 9.17) is 0 Å². The van der Waals surface area contributed by atoms with E-state index in [2.05, 4.69) is 24.5 Å². The maximum atomic E-state index is 13.0. The predicted octanol–water partition coefficient (Wildman–Crippen LogP) is 5.60. The van der Waals surface area contributed by atoms with Crippen molar-refractivity contribution < 1.29 is 31.5 Å². The van der Waals surface area contributed by atoms with Crippen LogP contribution in [0.25, 0.3) is 0 Å². The van der Waals surface area contributed by atoms with Gasteiger partial charge in [-0.05, 0) is 79.5 Å². The molecule has 1 saturated carbocycles. The molecular weight excluding hydrogens is 529 g/mol. The summed E-state index contributed by atoms with van der Waals surface area (Å²) >= 11 is 0. The molecule has 2 aromatic carbocycles. The molecule has 1 unspecified atom stereocenters. The molecule has 3 rings (SSSR count). The van der Waals surface area contributed by atoms with Crippen LogP contribution in [0.4, 0.5) is 13.2 Å². The Kier molecular flexibility index (Phi) is 10.6. The number of aliphatic hydroxyl groups is 1. The monoisotopic (exact) mass is 568 g/mol. The van der Waals surface area contributed by atoms with Crippen molar-refractivity contribution >= 4 is 15.7 Å². The summed E-state index contributed by atoms with van der Waals surface area (Å²) in [6, 6.07) is 12.6. The summed E-state index contributed by atoms with van der Waals surface area (Å²) < 4.78 is 63.0. The first-order valence-corrected chi connectivity index (χ1v) is 15.1. The highest BCUT2D eigenvalue weighted by Crippen LogP contribution is 2.39. The largest absolute Gasteiger partial charge is 0.394 e. The van der Waals surface area contributed by atoms with Crippen molar-refractivity contribution in [3.05, 3.63) is 65.2 Å². The number of amides is 1. The molecule has 10 heteroatoms. The molecule has 0 spiro atoms. The zero-order valence-corrected chi connectivity index (χ0v) is 23.5. The molecular formula is C29H39F3N2O4S. The summed E-state index contributed by atoms with van der Waals surface area (Å²) in [6.07, 6.45) is -2.62. The van der Waals surface area contributed by atoms with Gasteiger partial charge in [-0.1, -0.05) is 45.0 Å². The van der Waals surface area contributed by atoms with Gasteiger partial charge in [0.2, 0.25) is 0 Å². The molecule has 2 aromatic rings. The maximum absolute atomic E-state index is 13.0. The molecule has 0 aliphatic heterocycles. The first-order valence-electron chi connectivity index (χ1n) is 13.5. The Hall–Kier alpha value is -2.43. The van der Waals surface area contributed by atoms with Crippen molar-refractivity contribution in [2.45, 2.75) is 69.6 Å². The van der Waals surface area contributed by atoms with Gasteiger partial charge in [0.15, 0.2) is 9.84 Å². The van der Waals surface area contributed by atoms with Crippen LogP contribution in [0.3, 0.4) is 0 Å². The highest BCUT2D eigenvalue weighted by atomic mass is 32.2. The molecule has 0 radical (unpaired) electrons. The zero-order valence-electron chi connectivity index (χ0n) is 22.7. The highest BCUT2D eigenvalue weighted by molar-refractivity contribution is 7.91. The Labute approximate surface area is 229 Å². The summed E-state index contributed by atoms with van der Waals surface area (Å²) in [6.45, 7) is 6.00. The van der Waals surface area contributed by atoms with Crippen molar-refractivity contribution in [2.75, 3.05) is 18.9 Å². The number of aliphatic hydroxyl groups excluding tert-OH is 1. The summed E-state index contributed by atoms with van der Waals surface area (Å²) in [5.74, 6) is -1.13. The van der Waals surface area contributed by atoms with Crippen molar-refractivity contribution in [2.24, 2.45) is 17.8 Å². The molecule has 1 aliphatic carbocycles. The summed E-state index contributed by atoms with van der Waals surface area (Å²) in [5, 5.41) is 16.2. The van der Waals surface area contributed by atoms with Crippen molar-refractivity contribution in [3.8, 4) is 0 Å². The van der Waals surface area contributed by atoms with Gasteiger partial charge in [-0.25, -0.2) is 8.42 Å². The number of halogens is 3. The van der Waals surface area contributed by atoms with Crippen LogP contribution in [-0.2, 0) is 9.84 Å². The summed E-state index contributed by atoms with van der Waals surface area (Å²) in [7, 11) is -3.35. The number of carbonyl (C=O) groups is 1. The fraction of sp³-hybridized carbons (Fsp3) is 0.552. The van der Waals surface area contributed by atoms with Crippen LogP contribution < -0.4 is 10.6 Å². The van der Waals surface area contributed by atoms with Crippen LogP contribution in [-0.4, -0.2) is 44.5 Å². The number of benzene rings is 2. The van der Waals surface area contributed by atoms with E-state index >= 15 is 0 Å². The lowest BCUT2D eigenvalue weighted by molar-refractivity contribution is -0.183. The first-order chi connectivity index (χ1) is 18.4. The van der Waals surface area contributed by atoms with Gasteiger partial charge in [0, 0.05) is 11.6 Å². The average molecular weight is 569 g/mol. The number of carbonyl (C=O) groups excluding carboxylic acids is 1. The number of sulfone groups is 1. The van der Waals surface area contributed by atoms with Gasteiger partial charge in [-0.2, -0.15) is 13.2 Å². The molecule has 0 bridgehead atoms. The fourth-order valence-electron chi connectivity index (χ4n) is 5.12. The third-order valence-corrected chi connectivity index (χ3v) is 9.39. The Morgan fingerprint density at radius 1 is 0.974 bits per heavy atom. The Balaban J connectivity index is 1.60. The standard InChI is InChI=1S/C29H39F3N2O4S/c1-4-39(37,38)25-15-11-21(12-16-25)26(18-35)34-28(36)23-9-7-22(8-10-23)27(19(2)3)33-17-20-5-13-24(14-6-20)29(30,31)32/h7-12,15-16,19-20,24,26-27,33,35H,4-6,13-14,17-18H2,1-3H3,(H,34,36)/t20?,24?,26-,27?/m0/s1. The van der Waals surface area contributed by atoms with Gasteiger partial charge in [-0.15, -0.1) is 0 Å². The van der Waals surface area contributed by atoms with Crippen LogP contribution in [0.5, 0.6) is 0 Å². The van der Waals surface area contributed by atoms with Gasteiger partial charge in [-0.3, -0.25) is 4.79 Å². The third-order valence-electron chi connectivity index (χ3n) is 7.64. The normalized spacial score (nSPS) is 20.0. The number of rotatable bonds is 11. The quantitative estimate of drug-likeness (QED) is 0.328. The van der Waals surface area contributed by atoms with E-state index in [1.807, 2.05) is 12.1 Å². The van der Waals surface area contributed by atoms with E-state index in [0.29, 0.717) is 30.5 Å². The lowest BCUT2D eigenvalue weighted by atomic mass is 9.81. The minimum Gasteiger partial charge on any atom is -0.394 e. The highest BCUT2D eigenvalue weighted by Gasteiger charge is 2.41. The second-order valence-electron chi connectivity index (χ2n) is 10.7. The third kappa shape index (κ3) is 8.28. The van der Waals surface area contributed by atoms with Crippen LogP contribution in [0, 0.1) is 17.8 Å². The molecule has 1 fully saturated rings. The Morgan fingerprint density at radius 3 is 2.03 bits per heavy atom. The van der Waals surface area contributed by atoms with E-state index in [1.54, 1.807) is 31.2 Å². The van der Waals surface area contributed by atoms with E-state index in [0.717, 1.165) is 5.56 Å². The molecule has 0 aromatic heterocycles. The number of hydrogen-bond donors (Lipinski definition) is 3. The number of hydrogen-bond acceptors (Lipinski definition) is 5. The fourth-order valence-corrected chi connectivity index (χ4v) is 6.00. The van der Waals surface area contributed by atoms with Crippen molar-refractivity contribution in [3.63, 3.8) is 0 Å². The van der Waals surface area contributed by atoms with E-state index in [9.17, 15) is 31.5 Å². The average Bonchev–Trinajstić information content (AvgIpc) is 2.91. The molecule has 1 aliphatic rings. The van der Waals surface area contributed by atoms with Gasteiger partial charge in [0.1, 0.15) is 0 Å². The predicted molar refractivity (Wildman–Crippen MR) is 145 cm³/mol. The maximum Gasteiger partial charge on any atom is 0.391 e. The molecule has 39 heavy (non-hydrogen) atoms. The molecule has 0 heterocycles. The molecule has 1 amide bonds. The van der Waals surface area contributed by atoms with E-state index < -0.39 is 28.0 Å².